The molecule has 1 heterocycles. The Hall–Kier alpha value is -3.47. The molecule has 0 fully saturated rings. The van der Waals surface area contributed by atoms with Gasteiger partial charge in [-0.25, -0.2) is 8.42 Å². The van der Waals surface area contributed by atoms with Gasteiger partial charge in [0.2, 0.25) is 21.8 Å². The Morgan fingerprint density at radius 2 is 1.83 bits per heavy atom. The number of hydrogen-bond donors (Lipinski definition) is 1. The molecule has 0 aliphatic carbocycles. The van der Waals surface area contributed by atoms with Gasteiger partial charge in [0.25, 0.3) is 0 Å². The third-order valence-corrected chi connectivity index (χ3v) is 7.06. The minimum atomic E-state index is -3.62. The van der Waals surface area contributed by atoms with E-state index in [4.69, 9.17) is 14.2 Å². The summed E-state index contributed by atoms with van der Waals surface area (Å²) in [6.45, 7) is 2.78. The topological polar surface area (TPSA) is 114 Å². The average molecular weight is 520 g/mol. The van der Waals surface area contributed by atoms with Crippen LogP contribution in [0.4, 0.5) is 5.69 Å². The van der Waals surface area contributed by atoms with Crippen LogP contribution in [0, 0.1) is 0 Å². The van der Waals surface area contributed by atoms with Crippen molar-refractivity contribution in [1.29, 1.82) is 0 Å². The zero-order valence-corrected chi connectivity index (χ0v) is 21.8. The van der Waals surface area contributed by atoms with Crippen molar-refractivity contribution in [2.45, 2.75) is 32.4 Å². The summed E-state index contributed by atoms with van der Waals surface area (Å²) in [7, 11) is -0.540. The Kier molecular flexibility index (Phi) is 9.03. The number of nitrogens with one attached hydrogen (secondary N) is 1. The van der Waals surface area contributed by atoms with Crippen LogP contribution < -0.4 is 23.8 Å². The summed E-state index contributed by atoms with van der Waals surface area (Å²) < 4.78 is 42.7. The van der Waals surface area contributed by atoms with Gasteiger partial charge in [0.1, 0.15) is 25.0 Å². The molecular weight excluding hydrogens is 486 g/mol. The largest absolute Gasteiger partial charge is 0.497 e. The van der Waals surface area contributed by atoms with Crippen LogP contribution in [-0.2, 0) is 26.2 Å². The average Bonchev–Trinajstić information content (AvgIpc) is 2.87. The molecule has 0 radical (unpaired) electrons. The van der Waals surface area contributed by atoms with Crippen LogP contribution in [-0.4, -0.2) is 71.3 Å². The van der Waals surface area contributed by atoms with Crippen molar-refractivity contribution in [2.24, 2.45) is 0 Å². The molecule has 2 amide bonds. The van der Waals surface area contributed by atoms with Crippen LogP contribution >= 0.6 is 0 Å². The summed E-state index contributed by atoms with van der Waals surface area (Å²) in [4.78, 5) is 27.1. The highest BCUT2D eigenvalue weighted by atomic mass is 32.2. The molecule has 1 aliphatic heterocycles. The number of sulfonamides is 1. The Bertz CT molecular complexity index is 1190. The molecule has 1 aliphatic rings. The number of benzene rings is 2. The van der Waals surface area contributed by atoms with Crippen molar-refractivity contribution in [3.63, 3.8) is 0 Å². The van der Waals surface area contributed by atoms with Crippen molar-refractivity contribution in [3.05, 3.63) is 48.0 Å². The molecule has 2 aromatic rings. The van der Waals surface area contributed by atoms with E-state index < -0.39 is 16.1 Å². The van der Waals surface area contributed by atoms with Crippen molar-refractivity contribution in [2.75, 3.05) is 44.5 Å². The predicted octanol–water partition coefficient (Wildman–Crippen LogP) is 2.18. The van der Waals surface area contributed by atoms with Crippen LogP contribution in [0.1, 0.15) is 25.3 Å². The van der Waals surface area contributed by atoms with Gasteiger partial charge in [-0.2, -0.15) is 0 Å². The van der Waals surface area contributed by atoms with Gasteiger partial charge in [-0.05, 0) is 43.2 Å². The van der Waals surface area contributed by atoms with Crippen LogP contribution in [0.2, 0.25) is 0 Å². The third kappa shape index (κ3) is 6.81. The molecule has 3 rings (SSSR count). The number of hydrogen-bond acceptors (Lipinski definition) is 7. The summed E-state index contributed by atoms with van der Waals surface area (Å²) in [6, 6.07) is 11.5. The minimum Gasteiger partial charge on any atom is -0.497 e. The van der Waals surface area contributed by atoms with Gasteiger partial charge in [-0.1, -0.05) is 12.1 Å². The Balaban J connectivity index is 1.73. The molecule has 1 atom stereocenters. The maximum absolute atomic E-state index is 13.2. The lowest BCUT2D eigenvalue weighted by Gasteiger charge is -2.29. The second kappa shape index (κ2) is 12.0. The third-order valence-electron chi connectivity index (χ3n) is 5.87. The molecule has 2 aromatic carbocycles. The number of fused-ring (bicyclic) bond motifs is 1. The predicted molar refractivity (Wildman–Crippen MR) is 136 cm³/mol. The second-order valence-corrected chi connectivity index (χ2v) is 10.3. The monoisotopic (exact) mass is 519 g/mol. The zero-order chi connectivity index (χ0) is 26.3. The first kappa shape index (κ1) is 27.1. The van der Waals surface area contributed by atoms with Crippen molar-refractivity contribution < 1.29 is 32.2 Å². The van der Waals surface area contributed by atoms with E-state index in [2.05, 4.69) is 5.32 Å². The fourth-order valence-corrected chi connectivity index (χ4v) is 4.91. The van der Waals surface area contributed by atoms with E-state index in [1.54, 1.807) is 38.3 Å². The molecule has 0 aromatic heterocycles. The molecule has 11 heteroatoms. The number of ether oxygens (including phenoxy) is 3. The Morgan fingerprint density at radius 1 is 1.11 bits per heavy atom. The van der Waals surface area contributed by atoms with Gasteiger partial charge in [-0.3, -0.25) is 13.9 Å². The lowest BCUT2D eigenvalue weighted by Crippen LogP contribution is -2.46. The summed E-state index contributed by atoms with van der Waals surface area (Å²) in [6.07, 6.45) is 1.44. The van der Waals surface area contributed by atoms with Crippen LogP contribution in [0.3, 0.4) is 0 Å². The van der Waals surface area contributed by atoms with Crippen LogP contribution in [0.15, 0.2) is 42.5 Å². The summed E-state index contributed by atoms with van der Waals surface area (Å²) in [5.41, 5.74) is 1.24. The highest BCUT2D eigenvalue weighted by Crippen LogP contribution is 2.34. The van der Waals surface area contributed by atoms with E-state index in [0.717, 1.165) is 11.8 Å². The lowest BCUT2D eigenvalue weighted by molar-refractivity contribution is -0.140. The quantitative estimate of drug-likeness (QED) is 0.484. The molecular formula is C25H33N3O7S. The molecule has 1 N–H and O–H groups in total. The van der Waals surface area contributed by atoms with E-state index in [1.165, 1.54) is 16.3 Å². The number of carbonyl (C=O) groups excluding carboxylic acids is 2. The van der Waals surface area contributed by atoms with E-state index >= 15 is 0 Å². The summed E-state index contributed by atoms with van der Waals surface area (Å²) in [5.74, 6) is 1.14. The zero-order valence-electron chi connectivity index (χ0n) is 21.0. The lowest BCUT2D eigenvalue weighted by atomic mass is 10.1. The van der Waals surface area contributed by atoms with Gasteiger partial charge >= 0.3 is 0 Å². The van der Waals surface area contributed by atoms with E-state index in [1.807, 2.05) is 18.2 Å². The molecule has 0 saturated carbocycles. The first-order chi connectivity index (χ1) is 17.1. The Labute approximate surface area is 212 Å². The van der Waals surface area contributed by atoms with Crippen molar-refractivity contribution in [3.8, 4) is 17.2 Å². The number of likely N-dealkylation sites (N-methyl/N-ethyl adjacent to an activating group) is 1. The highest BCUT2D eigenvalue weighted by molar-refractivity contribution is 7.92. The summed E-state index contributed by atoms with van der Waals surface area (Å²) >= 11 is 0. The normalized spacial score (nSPS) is 13.4. The van der Waals surface area contributed by atoms with Crippen molar-refractivity contribution in [1.82, 2.24) is 10.2 Å². The van der Waals surface area contributed by atoms with E-state index in [0.29, 0.717) is 36.1 Å². The minimum absolute atomic E-state index is 0.0574. The Morgan fingerprint density at radius 3 is 2.50 bits per heavy atom. The maximum atomic E-state index is 13.2. The molecule has 0 spiro atoms. The molecule has 0 saturated heterocycles. The van der Waals surface area contributed by atoms with E-state index in [-0.39, 0.29) is 37.7 Å². The number of methoxy groups -OCH3 is 1. The number of carbonyl (C=O) groups is 2. The molecule has 196 valence electrons. The highest BCUT2D eigenvalue weighted by Gasteiger charge is 2.26. The number of amides is 2. The van der Waals surface area contributed by atoms with Gasteiger partial charge in [0.05, 0.1) is 19.1 Å². The number of nitrogens with zero attached hydrogens (tertiary/aromatic N) is 2. The maximum Gasteiger partial charge on any atom is 0.242 e. The number of anilines is 1. The summed E-state index contributed by atoms with van der Waals surface area (Å²) in [5, 5.41) is 2.58. The van der Waals surface area contributed by atoms with Gasteiger partial charge in [0, 0.05) is 32.6 Å². The first-order valence-corrected chi connectivity index (χ1v) is 13.5. The van der Waals surface area contributed by atoms with Crippen molar-refractivity contribution >= 4 is 27.5 Å². The van der Waals surface area contributed by atoms with Crippen LogP contribution in [0.5, 0.6) is 17.2 Å². The standard InChI is InChI=1S/C25H33N3O7S/c1-18(25(30)26-2)27(17-19-7-5-8-21(15-19)33-3)24(29)9-6-12-28(36(4,31)32)20-10-11-22-23(16-20)35-14-13-34-22/h5,7-8,10-11,15-16,18H,6,9,12-14,17H2,1-4H3,(H,26,30). The fraction of sp³-hybridized carbons (Fsp3) is 0.440. The first-order valence-electron chi connectivity index (χ1n) is 11.7. The van der Waals surface area contributed by atoms with Gasteiger partial charge < -0.3 is 24.4 Å². The van der Waals surface area contributed by atoms with Gasteiger partial charge in [0.15, 0.2) is 11.5 Å². The van der Waals surface area contributed by atoms with Gasteiger partial charge in [-0.15, -0.1) is 0 Å². The number of rotatable bonds is 11. The smallest absolute Gasteiger partial charge is 0.242 e. The van der Waals surface area contributed by atoms with E-state index in [9.17, 15) is 18.0 Å². The van der Waals surface area contributed by atoms with Crippen LogP contribution in [0.25, 0.3) is 0 Å². The molecule has 36 heavy (non-hydrogen) atoms. The molecule has 10 nitrogen and oxygen atoms in total. The SMILES string of the molecule is CNC(=O)C(C)N(Cc1cccc(OC)c1)C(=O)CCCN(c1ccc2c(c1)OCCO2)S(C)(=O)=O. The molecule has 0 bridgehead atoms. The fourth-order valence-electron chi connectivity index (χ4n) is 3.95. The second-order valence-electron chi connectivity index (χ2n) is 8.43. The molecule has 1 unspecified atom stereocenters.